The number of benzene rings is 5. The molecule has 3 aliphatic heterocycles. The quantitative estimate of drug-likeness (QED) is 0.164. The second kappa shape index (κ2) is 11.6. The fraction of sp³-hybridized carbons (Fsp3) is 0.175. The summed E-state index contributed by atoms with van der Waals surface area (Å²) in [5, 5.41) is 4.22. The number of methoxy groups -OCH3 is 1. The monoisotopic (exact) mass is 619 g/mol. The Morgan fingerprint density at radius 2 is 1.34 bits per heavy atom. The van der Waals surface area contributed by atoms with Crippen LogP contribution in [0.1, 0.15) is 52.5 Å². The second-order valence-electron chi connectivity index (χ2n) is 12.3. The molecule has 8 rings (SSSR count). The Hall–Kier alpha value is -5.69. The topological polar surface area (TPSA) is 79.0 Å². The van der Waals surface area contributed by atoms with Crippen LogP contribution in [-0.4, -0.2) is 38.0 Å². The molecule has 0 bridgehead atoms. The van der Waals surface area contributed by atoms with Gasteiger partial charge in [-0.25, -0.2) is 9.69 Å². The lowest BCUT2D eigenvalue weighted by Gasteiger charge is -2.44. The van der Waals surface area contributed by atoms with Crippen molar-refractivity contribution in [2.45, 2.75) is 24.7 Å². The van der Waals surface area contributed by atoms with Gasteiger partial charge in [0.15, 0.2) is 0 Å². The van der Waals surface area contributed by atoms with E-state index in [2.05, 4.69) is 58.7 Å². The zero-order valence-corrected chi connectivity index (χ0v) is 26.0. The average Bonchev–Trinajstić information content (AvgIpc) is 3.11. The SMILES string of the molecule is COc1ccc2ccccc2c1/C=C1\C(=O)NC(=O)N(c2cc3c4c(c2)[C@H](c2ccccc2)CCN4CC[C@@H]3c2ccccc2)C1=O. The molecule has 7 heteroatoms. The third-order valence-corrected chi connectivity index (χ3v) is 9.80. The van der Waals surface area contributed by atoms with E-state index in [1.54, 1.807) is 13.2 Å². The van der Waals surface area contributed by atoms with Gasteiger partial charge in [-0.05, 0) is 70.1 Å². The fourth-order valence-electron chi connectivity index (χ4n) is 7.61. The summed E-state index contributed by atoms with van der Waals surface area (Å²) in [5.74, 6) is -0.696. The molecule has 4 amide bonds. The molecule has 0 saturated carbocycles. The maximum Gasteiger partial charge on any atom is 0.335 e. The van der Waals surface area contributed by atoms with Crippen LogP contribution in [0.4, 0.5) is 16.2 Å². The van der Waals surface area contributed by atoms with Crippen molar-refractivity contribution < 1.29 is 19.1 Å². The lowest BCUT2D eigenvalue weighted by atomic mass is 9.76. The summed E-state index contributed by atoms with van der Waals surface area (Å²) in [6.07, 6.45) is 3.38. The van der Waals surface area contributed by atoms with Crippen molar-refractivity contribution in [2.75, 3.05) is 30.0 Å². The summed E-state index contributed by atoms with van der Waals surface area (Å²) in [7, 11) is 1.55. The Labute approximate surface area is 273 Å². The molecule has 0 spiro atoms. The minimum absolute atomic E-state index is 0.0928. The highest BCUT2D eigenvalue weighted by Crippen LogP contribution is 2.50. The number of urea groups is 1. The third kappa shape index (κ3) is 4.86. The van der Waals surface area contributed by atoms with E-state index in [1.165, 1.54) is 16.8 Å². The van der Waals surface area contributed by atoms with Gasteiger partial charge in [-0.15, -0.1) is 0 Å². The van der Waals surface area contributed by atoms with Crippen molar-refractivity contribution in [1.82, 2.24) is 5.32 Å². The number of rotatable bonds is 5. The maximum atomic E-state index is 14.4. The van der Waals surface area contributed by atoms with E-state index < -0.39 is 17.8 Å². The van der Waals surface area contributed by atoms with E-state index in [4.69, 9.17) is 4.74 Å². The molecule has 2 atom stereocenters. The molecule has 3 aliphatic rings. The van der Waals surface area contributed by atoms with Crippen LogP contribution in [0.3, 0.4) is 0 Å². The van der Waals surface area contributed by atoms with Gasteiger partial charge in [-0.2, -0.15) is 0 Å². The number of amides is 4. The zero-order valence-electron chi connectivity index (χ0n) is 26.0. The number of barbiturate groups is 1. The summed E-state index contributed by atoms with van der Waals surface area (Å²) in [6, 6.07) is 35.5. The summed E-state index contributed by atoms with van der Waals surface area (Å²) in [4.78, 5) is 44.9. The van der Waals surface area contributed by atoms with Gasteiger partial charge in [-0.1, -0.05) is 91.0 Å². The summed E-state index contributed by atoms with van der Waals surface area (Å²) < 4.78 is 5.64. The molecule has 232 valence electrons. The first kappa shape index (κ1) is 28.8. The van der Waals surface area contributed by atoms with Crippen molar-refractivity contribution in [3.05, 3.63) is 143 Å². The number of nitrogens with one attached hydrogen (secondary N) is 1. The largest absolute Gasteiger partial charge is 0.496 e. The Morgan fingerprint density at radius 3 is 1.96 bits per heavy atom. The van der Waals surface area contributed by atoms with Gasteiger partial charge < -0.3 is 9.64 Å². The molecule has 5 aromatic carbocycles. The van der Waals surface area contributed by atoms with Gasteiger partial charge in [-0.3, -0.25) is 14.9 Å². The standard InChI is InChI=1S/C40H33N3O4/c1-47-36-17-16-27-14-8-9-15-29(27)32(36)24-35-38(44)41-40(46)43(39(35)45)28-22-33-30(25-10-4-2-5-11-25)18-20-42-21-19-31(34(23-28)37(33)42)26-12-6-3-7-13-26/h2-17,22-24,30-31H,18-21H2,1H3,(H,41,44,46)/b35-24+/t30-,31+. The predicted molar refractivity (Wildman–Crippen MR) is 184 cm³/mol. The molecule has 1 fully saturated rings. The van der Waals surface area contributed by atoms with E-state index in [9.17, 15) is 14.4 Å². The number of nitrogens with zero attached hydrogens (tertiary/aromatic N) is 2. The van der Waals surface area contributed by atoms with Crippen LogP contribution in [-0.2, 0) is 9.59 Å². The third-order valence-electron chi connectivity index (χ3n) is 9.80. The van der Waals surface area contributed by atoms with E-state index in [0.29, 0.717) is 17.0 Å². The van der Waals surface area contributed by atoms with Gasteiger partial charge in [0.1, 0.15) is 11.3 Å². The fourth-order valence-corrected chi connectivity index (χ4v) is 7.61. The molecule has 3 heterocycles. The van der Waals surface area contributed by atoms with Gasteiger partial charge in [0, 0.05) is 36.2 Å². The molecule has 47 heavy (non-hydrogen) atoms. The molecule has 0 radical (unpaired) electrons. The molecule has 1 saturated heterocycles. The van der Waals surface area contributed by atoms with Crippen LogP contribution in [0.2, 0.25) is 0 Å². The van der Waals surface area contributed by atoms with Crippen LogP contribution in [0.5, 0.6) is 5.75 Å². The first-order valence-electron chi connectivity index (χ1n) is 16.0. The Bertz CT molecular complexity index is 2020. The zero-order chi connectivity index (χ0) is 32.1. The van der Waals surface area contributed by atoms with Gasteiger partial charge in [0.25, 0.3) is 11.8 Å². The smallest absolute Gasteiger partial charge is 0.335 e. The lowest BCUT2D eigenvalue weighted by molar-refractivity contribution is -0.122. The van der Waals surface area contributed by atoms with Crippen molar-refractivity contribution in [3.8, 4) is 5.75 Å². The van der Waals surface area contributed by atoms with Crippen LogP contribution in [0.15, 0.2) is 115 Å². The van der Waals surface area contributed by atoms with Gasteiger partial charge >= 0.3 is 6.03 Å². The first-order chi connectivity index (χ1) is 23.0. The molecule has 0 unspecified atom stereocenters. The molecule has 0 aromatic heterocycles. The van der Waals surface area contributed by atoms with E-state index in [1.807, 2.05) is 60.7 Å². The number of anilines is 2. The summed E-state index contributed by atoms with van der Waals surface area (Å²) >= 11 is 0. The van der Waals surface area contributed by atoms with Crippen LogP contribution < -0.4 is 19.9 Å². The second-order valence-corrected chi connectivity index (χ2v) is 12.3. The highest BCUT2D eigenvalue weighted by molar-refractivity contribution is 6.39. The van der Waals surface area contributed by atoms with Crippen molar-refractivity contribution in [1.29, 1.82) is 0 Å². The van der Waals surface area contributed by atoms with E-state index >= 15 is 0 Å². The number of ether oxygens (including phenoxy) is 1. The predicted octanol–water partition coefficient (Wildman–Crippen LogP) is 7.39. The highest BCUT2D eigenvalue weighted by Gasteiger charge is 2.40. The molecule has 1 N–H and O–H groups in total. The molecule has 7 nitrogen and oxygen atoms in total. The Morgan fingerprint density at radius 1 is 0.745 bits per heavy atom. The number of imide groups is 2. The highest BCUT2D eigenvalue weighted by atomic mass is 16.5. The van der Waals surface area contributed by atoms with Crippen LogP contribution in [0.25, 0.3) is 16.8 Å². The van der Waals surface area contributed by atoms with Crippen molar-refractivity contribution in [2.24, 2.45) is 0 Å². The van der Waals surface area contributed by atoms with Crippen LogP contribution >= 0.6 is 0 Å². The number of hydrogen-bond donors (Lipinski definition) is 1. The minimum atomic E-state index is -0.759. The number of fused-ring (bicyclic) bond motifs is 1. The average molecular weight is 620 g/mol. The summed E-state index contributed by atoms with van der Waals surface area (Å²) in [6.45, 7) is 1.86. The molecule has 5 aromatic rings. The molecule has 0 aliphatic carbocycles. The van der Waals surface area contributed by atoms with Gasteiger partial charge in [0.05, 0.1) is 12.8 Å². The lowest BCUT2D eigenvalue weighted by Crippen LogP contribution is -2.54. The van der Waals surface area contributed by atoms with Crippen molar-refractivity contribution in [3.63, 3.8) is 0 Å². The van der Waals surface area contributed by atoms with Crippen molar-refractivity contribution >= 4 is 46.1 Å². The first-order valence-corrected chi connectivity index (χ1v) is 16.0. The summed E-state index contributed by atoms with van der Waals surface area (Å²) in [5.41, 5.74) is 6.68. The van der Waals surface area contributed by atoms with E-state index in [0.717, 1.165) is 52.7 Å². The molecular weight excluding hydrogens is 586 g/mol. The van der Waals surface area contributed by atoms with Crippen LogP contribution in [0, 0.1) is 0 Å². The van der Waals surface area contributed by atoms with Gasteiger partial charge in [0.2, 0.25) is 0 Å². The number of carbonyl (C=O) groups is 3. The normalized spacial score (nSPS) is 19.9. The Kier molecular flexibility index (Phi) is 7.09. The number of carbonyl (C=O) groups excluding carboxylic acids is 3. The molecular formula is C40H33N3O4. The maximum absolute atomic E-state index is 14.4. The number of hydrogen-bond acceptors (Lipinski definition) is 5. The van der Waals surface area contributed by atoms with E-state index in [-0.39, 0.29) is 17.4 Å². The Balaban J connectivity index is 1.30. The minimum Gasteiger partial charge on any atom is -0.496 e.